The fourth-order valence-corrected chi connectivity index (χ4v) is 2.66. The molecule has 1 aromatic rings. The zero-order chi connectivity index (χ0) is 12.8. The van der Waals surface area contributed by atoms with Crippen LogP contribution in [0.15, 0.2) is 18.5 Å². The minimum atomic E-state index is 0.872. The average molecular weight is 247 g/mol. The smallest absolute Gasteiger partial charge is 0.0313 e. The Morgan fingerprint density at radius 1 is 1.33 bits per heavy atom. The molecule has 2 rings (SSSR count). The molecule has 1 aliphatic rings. The Balaban J connectivity index is 1.76. The van der Waals surface area contributed by atoms with Crippen molar-refractivity contribution < 1.29 is 0 Å². The van der Waals surface area contributed by atoms with E-state index in [1.807, 2.05) is 12.4 Å². The number of hydrogen-bond donors (Lipinski definition) is 1. The number of likely N-dealkylation sites (tertiary alicyclic amines) is 1. The number of hydrogen-bond acceptors (Lipinski definition) is 3. The van der Waals surface area contributed by atoms with Crippen LogP contribution in [0, 0.1) is 12.8 Å². The van der Waals surface area contributed by atoms with Crippen LogP contribution >= 0.6 is 0 Å². The first-order valence-corrected chi connectivity index (χ1v) is 7.11. The standard InChI is InChI=1S/C15H25N3/c1-3-16-10-14-4-6-18(7-5-14)12-15-8-13(2)9-17-11-15/h8-9,11,14,16H,3-7,10,12H2,1-2H3. The Bertz CT molecular complexity index is 357. The molecular weight excluding hydrogens is 222 g/mol. The first-order chi connectivity index (χ1) is 8.78. The van der Waals surface area contributed by atoms with Crippen LogP contribution in [0.2, 0.25) is 0 Å². The third kappa shape index (κ3) is 4.07. The molecule has 0 atom stereocenters. The SMILES string of the molecule is CCNCC1CCN(Cc2cncc(C)c2)CC1. The summed E-state index contributed by atoms with van der Waals surface area (Å²) in [5.74, 6) is 0.872. The summed E-state index contributed by atoms with van der Waals surface area (Å²) in [6, 6.07) is 2.25. The van der Waals surface area contributed by atoms with Crippen molar-refractivity contribution >= 4 is 0 Å². The number of pyridine rings is 1. The van der Waals surface area contributed by atoms with Gasteiger partial charge in [-0.1, -0.05) is 13.0 Å². The van der Waals surface area contributed by atoms with Crippen LogP contribution in [0.25, 0.3) is 0 Å². The highest BCUT2D eigenvalue weighted by Gasteiger charge is 2.18. The van der Waals surface area contributed by atoms with Crippen LogP contribution in [0.4, 0.5) is 0 Å². The lowest BCUT2D eigenvalue weighted by Gasteiger charge is -2.32. The first kappa shape index (κ1) is 13.5. The first-order valence-electron chi connectivity index (χ1n) is 7.11. The molecule has 1 aromatic heterocycles. The van der Waals surface area contributed by atoms with E-state index < -0.39 is 0 Å². The average Bonchev–Trinajstić information content (AvgIpc) is 2.38. The molecule has 0 saturated carbocycles. The van der Waals surface area contributed by atoms with Crippen molar-refractivity contribution in [3.8, 4) is 0 Å². The van der Waals surface area contributed by atoms with Crippen molar-refractivity contribution in [3.05, 3.63) is 29.6 Å². The highest BCUT2D eigenvalue weighted by Crippen LogP contribution is 2.18. The summed E-state index contributed by atoms with van der Waals surface area (Å²) in [5.41, 5.74) is 2.61. The molecule has 0 aromatic carbocycles. The molecule has 0 amide bonds. The van der Waals surface area contributed by atoms with Crippen LogP contribution in [-0.2, 0) is 6.54 Å². The van der Waals surface area contributed by atoms with Crippen molar-refractivity contribution in [2.45, 2.75) is 33.2 Å². The van der Waals surface area contributed by atoms with E-state index in [1.54, 1.807) is 0 Å². The Hall–Kier alpha value is -0.930. The molecule has 0 aliphatic carbocycles. The van der Waals surface area contributed by atoms with E-state index in [9.17, 15) is 0 Å². The third-order valence-corrected chi connectivity index (χ3v) is 3.73. The number of nitrogens with zero attached hydrogens (tertiary/aromatic N) is 2. The molecule has 1 N–H and O–H groups in total. The molecule has 3 nitrogen and oxygen atoms in total. The molecule has 1 aliphatic heterocycles. The van der Waals surface area contributed by atoms with E-state index >= 15 is 0 Å². The van der Waals surface area contributed by atoms with E-state index in [2.05, 4.69) is 35.1 Å². The summed E-state index contributed by atoms with van der Waals surface area (Å²) in [6.07, 6.45) is 6.57. The van der Waals surface area contributed by atoms with Gasteiger partial charge in [-0.2, -0.15) is 0 Å². The maximum absolute atomic E-state index is 4.27. The van der Waals surface area contributed by atoms with Gasteiger partial charge in [-0.25, -0.2) is 0 Å². The Labute approximate surface area is 111 Å². The summed E-state index contributed by atoms with van der Waals surface area (Å²) in [4.78, 5) is 6.82. The van der Waals surface area contributed by atoms with Gasteiger partial charge in [-0.3, -0.25) is 9.88 Å². The maximum atomic E-state index is 4.27. The van der Waals surface area contributed by atoms with Crippen LogP contribution < -0.4 is 5.32 Å². The van der Waals surface area contributed by atoms with Gasteiger partial charge < -0.3 is 5.32 Å². The third-order valence-electron chi connectivity index (χ3n) is 3.73. The zero-order valence-electron chi connectivity index (χ0n) is 11.7. The molecule has 0 spiro atoms. The molecule has 0 radical (unpaired) electrons. The van der Waals surface area contributed by atoms with Gasteiger partial charge in [0.15, 0.2) is 0 Å². The van der Waals surface area contributed by atoms with Gasteiger partial charge in [0.1, 0.15) is 0 Å². The van der Waals surface area contributed by atoms with Crippen LogP contribution in [0.5, 0.6) is 0 Å². The molecule has 100 valence electrons. The van der Waals surface area contributed by atoms with Crippen molar-refractivity contribution in [3.63, 3.8) is 0 Å². The Morgan fingerprint density at radius 2 is 2.11 bits per heavy atom. The molecule has 1 fully saturated rings. The number of piperidine rings is 1. The zero-order valence-corrected chi connectivity index (χ0v) is 11.7. The number of aromatic nitrogens is 1. The van der Waals surface area contributed by atoms with E-state index in [0.29, 0.717) is 0 Å². The summed E-state index contributed by atoms with van der Waals surface area (Å²) in [5, 5.41) is 3.46. The summed E-state index contributed by atoms with van der Waals surface area (Å²) in [6.45, 7) is 10.1. The van der Waals surface area contributed by atoms with Crippen molar-refractivity contribution in [1.29, 1.82) is 0 Å². The van der Waals surface area contributed by atoms with E-state index in [0.717, 1.165) is 19.0 Å². The molecule has 18 heavy (non-hydrogen) atoms. The molecule has 3 heteroatoms. The second-order valence-electron chi connectivity index (χ2n) is 5.40. The van der Waals surface area contributed by atoms with Gasteiger partial charge in [0.25, 0.3) is 0 Å². The highest BCUT2D eigenvalue weighted by molar-refractivity contribution is 5.16. The number of rotatable bonds is 5. The Kier molecular flexibility index (Phi) is 5.14. The maximum Gasteiger partial charge on any atom is 0.0313 e. The van der Waals surface area contributed by atoms with Crippen molar-refractivity contribution in [2.24, 2.45) is 5.92 Å². The van der Waals surface area contributed by atoms with Crippen LogP contribution in [0.3, 0.4) is 0 Å². The van der Waals surface area contributed by atoms with Crippen molar-refractivity contribution in [2.75, 3.05) is 26.2 Å². The predicted octanol–water partition coefficient (Wildman–Crippen LogP) is 2.21. The van der Waals surface area contributed by atoms with Crippen molar-refractivity contribution in [1.82, 2.24) is 15.2 Å². The van der Waals surface area contributed by atoms with Gasteiger partial charge in [0, 0.05) is 18.9 Å². The fraction of sp³-hybridized carbons (Fsp3) is 0.667. The molecule has 0 bridgehead atoms. The minimum absolute atomic E-state index is 0.872. The van der Waals surface area contributed by atoms with E-state index in [4.69, 9.17) is 0 Å². The lowest BCUT2D eigenvalue weighted by atomic mass is 9.96. The van der Waals surface area contributed by atoms with Gasteiger partial charge in [-0.15, -0.1) is 0 Å². The lowest BCUT2D eigenvalue weighted by Crippen LogP contribution is -2.36. The highest BCUT2D eigenvalue weighted by atomic mass is 15.1. The lowest BCUT2D eigenvalue weighted by molar-refractivity contribution is 0.175. The predicted molar refractivity (Wildman–Crippen MR) is 75.5 cm³/mol. The quantitative estimate of drug-likeness (QED) is 0.864. The number of aryl methyl sites for hydroxylation is 1. The fourth-order valence-electron chi connectivity index (χ4n) is 2.66. The minimum Gasteiger partial charge on any atom is -0.317 e. The summed E-state index contributed by atoms with van der Waals surface area (Å²) >= 11 is 0. The number of nitrogens with one attached hydrogen (secondary N) is 1. The van der Waals surface area contributed by atoms with Crippen LogP contribution in [-0.4, -0.2) is 36.1 Å². The topological polar surface area (TPSA) is 28.2 Å². The van der Waals surface area contributed by atoms with Gasteiger partial charge in [0.2, 0.25) is 0 Å². The summed E-state index contributed by atoms with van der Waals surface area (Å²) < 4.78 is 0. The van der Waals surface area contributed by atoms with E-state index in [-0.39, 0.29) is 0 Å². The van der Waals surface area contributed by atoms with Gasteiger partial charge in [-0.05, 0) is 63.0 Å². The second-order valence-corrected chi connectivity index (χ2v) is 5.40. The largest absolute Gasteiger partial charge is 0.317 e. The van der Waals surface area contributed by atoms with Gasteiger partial charge >= 0.3 is 0 Å². The summed E-state index contributed by atoms with van der Waals surface area (Å²) in [7, 11) is 0. The van der Waals surface area contributed by atoms with E-state index in [1.165, 1.54) is 43.6 Å². The molecule has 1 saturated heterocycles. The molecular formula is C15H25N3. The molecule has 2 heterocycles. The van der Waals surface area contributed by atoms with Crippen LogP contribution in [0.1, 0.15) is 30.9 Å². The Morgan fingerprint density at radius 3 is 2.78 bits per heavy atom. The normalized spacial score (nSPS) is 18.1. The monoisotopic (exact) mass is 247 g/mol. The van der Waals surface area contributed by atoms with Gasteiger partial charge in [0.05, 0.1) is 0 Å². The molecule has 0 unspecified atom stereocenters. The second kappa shape index (κ2) is 6.86.